The third-order valence-corrected chi connectivity index (χ3v) is 4.79. The number of ether oxygens (including phenoxy) is 5. The molecule has 0 amide bonds. The number of carbonyl (C=O) groups excluding carboxylic acids is 1. The summed E-state index contributed by atoms with van der Waals surface area (Å²) in [5.41, 5.74) is -1.24. The first-order chi connectivity index (χ1) is 12.1. The van der Waals surface area contributed by atoms with Gasteiger partial charge < -0.3 is 28.8 Å². The topological polar surface area (TPSA) is 83.5 Å². The molecule has 0 spiro atoms. The van der Waals surface area contributed by atoms with Gasteiger partial charge in [-0.05, 0) is 18.2 Å². The molecular formula is C18H14O7. The fourth-order valence-electron chi connectivity index (χ4n) is 3.46. The summed E-state index contributed by atoms with van der Waals surface area (Å²) < 4.78 is 27.4. The van der Waals surface area contributed by atoms with Crippen molar-refractivity contribution in [2.45, 2.75) is 11.7 Å². The van der Waals surface area contributed by atoms with Gasteiger partial charge in [-0.3, -0.25) is 4.79 Å². The highest BCUT2D eigenvalue weighted by Gasteiger charge is 2.56. The lowest BCUT2D eigenvalue weighted by Crippen LogP contribution is -2.57. The summed E-state index contributed by atoms with van der Waals surface area (Å²) >= 11 is 0. The predicted octanol–water partition coefficient (Wildman–Crippen LogP) is 1.65. The molecule has 7 heteroatoms. The first kappa shape index (κ1) is 14.4. The number of ketones is 1. The van der Waals surface area contributed by atoms with Gasteiger partial charge in [0.2, 0.25) is 12.6 Å². The van der Waals surface area contributed by atoms with Crippen LogP contribution in [-0.4, -0.2) is 37.5 Å². The number of fused-ring (bicyclic) bond motifs is 5. The van der Waals surface area contributed by atoms with E-state index in [1.54, 1.807) is 30.3 Å². The first-order valence-corrected chi connectivity index (χ1v) is 7.80. The quantitative estimate of drug-likeness (QED) is 0.843. The Balaban J connectivity index is 1.68. The van der Waals surface area contributed by atoms with E-state index in [9.17, 15) is 9.90 Å². The summed E-state index contributed by atoms with van der Waals surface area (Å²) in [6, 6.07) is 8.08. The van der Waals surface area contributed by atoms with Crippen LogP contribution in [0, 0.1) is 0 Å². The van der Waals surface area contributed by atoms with Crippen LogP contribution in [0.25, 0.3) is 0 Å². The van der Waals surface area contributed by atoms with Crippen molar-refractivity contribution in [1.29, 1.82) is 0 Å². The molecule has 128 valence electrons. The molecule has 2 aromatic carbocycles. The van der Waals surface area contributed by atoms with Crippen LogP contribution < -0.4 is 23.7 Å². The second-order valence-corrected chi connectivity index (χ2v) is 6.08. The van der Waals surface area contributed by atoms with Crippen LogP contribution in [0.1, 0.15) is 15.9 Å². The van der Waals surface area contributed by atoms with Gasteiger partial charge in [-0.1, -0.05) is 0 Å². The van der Waals surface area contributed by atoms with Crippen molar-refractivity contribution in [3.8, 4) is 28.7 Å². The Kier molecular flexibility index (Phi) is 2.77. The summed E-state index contributed by atoms with van der Waals surface area (Å²) in [7, 11) is 1.53. The van der Waals surface area contributed by atoms with Gasteiger partial charge >= 0.3 is 0 Å². The number of carbonyl (C=O) groups is 1. The Bertz CT molecular complexity index is 907. The van der Waals surface area contributed by atoms with Crippen molar-refractivity contribution in [2.75, 3.05) is 20.5 Å². The van der Waals surface area contributed by atoms with E-state index in [-0.39, 0.29) is 13.4 Å². The van der Waals surface area contributed by atoms with Gasteiger partial charge in [0.05, 0.1) is 12.7 Å². The molecular weight excluding hydrogens is 328 g/mol. The molecule has 2 atom stereocenters. The number of Topliss-reactive ketones (excluding diaryl/α,β-unsaturated/α-hetero) is 1. The van der Waals surface area contributed by atoms with Gasteiger partial charge in [-0.15, -0.1) is 0 Å². The molecule has 0 radical (unpaired) electrons. The summed E-state index contributed by atoms with van der Waals surface area (Å²) in [4.78, 5) is 13.1. The number of hydrogen-bond donors (Lipinski definition) is 1. The maximum atomic E-state index is 13.1. The van der Waals surface area contributed by atoms with E-state index in [1.165, 1.54) is 7.11 Å². The summed E-state index contributed by atoms with van der Waals surface area (Å²) in [6.07, 6.45) is -0.868. The lowest BCUT2D eigenvalue weighted by atomic mass is 9.77. The van der Waals surface area contributed by atoms with Gasteiger partial charge in [-0.2, -0.15) is 0 Å². The Hall–Kier alpha value is -2.93. The Morgan fingerprint density at radius 1 is 1.08 bits per heavy atom. The van der Waals surface area contributed by atoms with E-state index in [0.29, 0.717) is 39.9 Å². The maximum absolute atomic E-state index is 13.1. The minimum Gasteiger partial charge on any atom is -0.497 e. The minimum absolute atomic E-state index is 0.0333. The molecule has 0 bridgehead atoms. The third kappa shape index (κ3) is 1.81. The number of methoxy groups -OCH3 is 1. The number of rotatable bonds is 1. The Morgan fingerprint density at radius 2 is 1.88 bits per heavy atom. The highest BCUT2D eigenvalue weighted by molar-refractivity contribution is 6.07. The number of benzene rings is 2. The Labute approximate surface area is 142 Å². The fraction of sp³-hybridized carbons (Fsp3) is 0.278. The molecule has 0 saturated carbocycles. The van der Waals surface area contributed by atoms with Crippen molar-refractivity contribution in [1.82, 2.24) is 0 Å². The normalized spacial score (nSPS) is 25.2. The molecule has 2 aromatic rings. The van der Waals surface area contributed by atoms with Crippen molar-refractivity contribution < 1.29 is 33.6 Å². The van der Waals surface area contributed by atoms with E-state index in [0.717, 1.165) is 0 Å². The SMILES string of the molecule is COc1ccc2c(c1)O[C@@H]1COc3cc4c(cc3[C@@]1(O)C2=O)OCO4. The van der Waals surface area contributed by atoms with Crippen LogP contribution in [0.15, 0.2) is 30.3 Å². The minimum atomic E-state index is -1.85. The zero-order valence-corrected chi connectivity index (χ0v) is 13.3. The molecule has 1 N–H and O–H groups in total. The molecule has 3 aliphatic heterocycles. The first-order valence-electron chi connectivity index (χ1n) is 7.80. The second-order valence-electron chi connectivity index (χ2n) is 6.08. The molecule has 0 aromatic heterocycles. The Morgan fingerprint density at radius 3 is 2.68 bits per heavy atom. The van der Waals surface area contributed by atoms with E-state index in [4.69, 9.17) is 23.7 Å². The average Bonchev–Trinajstić information content (AvgIpc) is 3.09. The standard InChI is InChI=1S/C18H14O7/c1-21-9-2-3-10-12(4-9)25-16-7-22-13-6-15-14(23-8-24-15)5-11(13)18(16,20)17(10)19/h2-6,16,20H,7-8H2,1H3/t16-,18+/m1/s1. The van der Waals surface area contributed by atoms with Gasteiger partial charge in [0.1, 0.15) is 23.9 Å². The molecule has 25 heavy (non-hydrogen) atoms. The van der Waals surface area contributed by atoms with E-state index in [1.807, 2.05) is 0 Å². The highest BCUT2D eigenvalue weighted by atomic mass is 16.7. The van der Waals surface area contributed by atoms with Crippen molar-refractivity contribution in [3.05, 3.63) is 41.5 Å². The molecule has 3 heterocycles. The van der Waals surface area contributed by atoms with E-state index in [2.05, 4.69) is 0 Å². The van der Waals surface area contributed by atoms with Gasteiger partial charge in [0, 0.05) is 17.7 Å². The monoisotopic (exact) mass is 342 g/mol. The zero-order chi connectivity index (χ0) is 17.2. The number of hydrogen-bond acceptors (Lipinski definition) is 7. The molecule has 7 nitrogen and oxygen atoms in total. The smallest absolute Gasteiger partial charge is 0.231 e. The maximum Gasteiger partial charge on any atom is 0.231 e. The number of aliphatic hydroxyl groups is 1. The predicted molar refractivity (Wildman–Crippen MR) is 83.7 cm³/mol. The highest BCUT2D eigenvalue weighted by Crippen LogP contribution is 2.50. The summed E-state index contributed by atoms with van der Waals surface area (Å²) in [5.74, 6) is 1.87. The van der Waals surface area contributed by atoms with Crippen molar-refractivity contribution in [2.24, 2.45) is 0 Å². The van der Waals surface area contributed by atoms with Crippen LogP contribution >= 0.6 is 0 Å². The lowest BCUT2D eigenvalue weighted by Gasteiger charge is -2.42. The summed E-state index contributed by atoms with van der Waals surface area (Å²) in [6.45, 7) is 0.124. The molecule has 3 aliphatic rings. The van der Waals surface area contributed by atoms with Gasteiger partial charge in [-0.25, -0.2) is 0 Å². The lowest BCUT2D eigenvalue weighted by molar-refractivity contribution is -0.0799. The van der Waals surface area contributed by atoms with Gasteiger partial charge in [0.15, 0.2) is 23.2 Å². The van der Waals surface area contributed by atoms with E-state index >= 15 is 0 Å². The molecule has 0 unspecified atom stereocenters. The van der Waals surface area contributed by atoms with E-state index < -0.39 is 17.5 Å². The van der Waals surface area contributed by atoms with Crippen molar-refractivity contribution in [3.63, 3.8) is 0 Å². The summed E-state index contributed by atoms with van der Waals surface area (Å²) in [5, 5.41) is 11.3. The third-order valence-electron chi connectivity index (χ3n) is 4.79. The average molecular weight is 342 g/mol. The molecule has 0 fully saturated rings. The largest absolute Gasteiger partial charge is 0.497 e. The van der Waals surface area contributed by atoms with Crippen LogP contribution in [0.4, 0.5) is 0 Å². The zero-order valence-electron chi connectivity index (χ0n) is 13.3. The van der Waals surface area contributed by atoms with Crippen LogP contribution in [0.5, 0.6) is 28.7 Å². The van der Waals surface area contributed by atoms with Gasteiger partial charge in [0.25, 0.3) is 0 Å². The second kappa shape index (κ2) is 4.80. The van der Waals surface area contributed by atoms with Crippen LogP contribution in [-0.2, 0) is 5.60 Å². The van der Waals surface area contributed by atoms with Crippen LogP contribution in [0.3, 0.4) is 0 Å². The van der Waals surface area contributed by atoms with Crippen molar-refractivity contribution >= 4 is 5.78 Å². The fourth-order valence-corrected chi connectivity index (χ4v) is 3.46. The molecule has 0 aliphatic carbocycles. The van der Waals surface area contributed by atoms with Crippen LogP contribution in [0.2, 0.25) is 0 Å². The molecule has 0 saturated heterocycles. The molecule has 5 rings (SSSR count).